The Morgan fingerprint density at radius 1 is 1.03 bits per heavy atom. The van der Waals surface area contributed by atoms with Crippen molar-refractivity contribution < 1.29 is 19.0 Å². The Bertz CT molecular complexity index is 865. The molecule has 0 unspecified atom stereocenters. The summed E-state index contributed by atoms with van der Waals surface area (Å²) in [6, 6.07) is 15.9. The number of hydrogen-bond acceptors (Lipinski definition) is 6. The van der Waals surface area contributed by atoms with Gasteiger partial charge in [-0.3, -0.25) is 14.6 Å². The summed E-state index contributed by atoms with van der Waals surface area (Å²) >= 11 is 0. The number of piperazine rings is 1. The van der Waals surface area contributed by atoms with Crippen LogP contribution >= 0.6 is 0 Å². The third-order valence-electron chi connectivity index (χ3n) is 5.86. The summed E-state index contributed by atoms with van der Waals surface area (Å²) in [6.45, 7) is 6.05. The van der Waals surface area contributed by atoms with Crippen LogP contribution in [0, 0.1) is 0 Å². The second-order valence-electron chi connectivity index (χ2n) is 8.17. The molecule has 0 spiro atoms. The van der Waals surface area contributed by atoms with E-state index in [2.05, 4.69) is 21.9 Å². The molecule has 166 valence electrons. The predicted molar refractivity (Wildman–Crippen MR) is 119 cm³/mol. The van der Waals surface area contributed by atoms with Gasteiger partial charge in [0.1, 0.15) is 12.4 Å². The minimum absolute atomic E-state index is 0.117. The standard InChI is InChI=1S/C24H31N3O4/c1-25(16-21-18-30-22-5-3-4-6-23(22)31-21)24(28)17-27-13-11-26(12-14-27)15-19-7-9-20(29-2)10-8-19/h3-10,21H,11-18H2,1-2H3/t21-/m1/s1. The number of para-hydroxylation sites is 2. The van der Waals surface area contributed by atoms with Crippen molar-refractivity contribution in [2.75, 3.05) is 60.0 Å². The van der Waals surface area contributed by atoms with Gasteiger partial charge in [-0.25, -0.2) is 0 Å². The maximum Gasteiger partial charge on any atom is 0.236 e. The highest BCUT2D eigenvalue weighted by Gasteiger charge is 2.25. The minimum Gasteiger partial charge on any atom is -0.497 e. The highest BCUT2D eigenvalue weighted by Crippen LogP contribution is 2.30. The van der Waals surface area contributed by atoms with Crippen LogP contribution in [0.2, 0.25) is 0 Å². The van der Waals surface area contributed by atoms with Crippen LogP contribution in [0.3, 0.4) is 0 Å². The lowest BCUT2D eigenvalue weighted by molar-refractivity contribution is -0.133. The summed E-state index contributed by atoms with van der Waals surface area (Å²) in [7, 11) is 3.52. The van der Waals surface area contributed by atoms with Crippen molar-refractivity contribution in [2.24, 2.45) is 0 Å². The van der Waals surface area contributed by atoms with Gasteiger partial charge < -0.3 is 19.1 Å². The second kappa shape index (κ2) is 10.0. The van der Waals surface area contributed by atoms with E-state index in [4.69, 9.17) is 14.2 Å². The van der Waals surface area contributed by atoms with Crippen LogP contribution in [-0.4, -0.2) is 86.7 Å². The molecule has 2 aromatic carbocycles. The molecule has 2 aromatic rings. The van der Waals surface area contributed by atoms with Crippen LogP contribution in [0.25, 0.3) is 0 Å². The zero-order valence-electron chi connectivity index (χ0n) is 18.3. The zero-order valence-corrected chi connectivity index (χ0v) is 18.3. The van der Waals surface area contributed by atoms with E-state index in [9.17, 15) is 4.79 Å². The van der Waals surface area contributed by atoms with Crippen molar-refractivity contribution in [3.8, 4) is 17.2 Å². The minimum atomic E-state index is -0.148. The second-order valence-corrected chi connectivity index (χ2v) is 8.17. The van der Waals surface area contributed by atoms with Gasteiger partial charge >= 0.3 is 0 Å². The van der Waals surface area contributed by atoms with E-state index in [0.29, 0.717) is 19.7 Å². The lowest BCUT2D eigenvalue weighted by atomic mass is 10.2. The SMILES string of the molecule is COc1ccc(CN2CCN(CC(=O)N(C)C[C@@H]3COc4ccccc4O3)CC2)cc1. The number of nitrogens with zero attached hydrogens (tertiary/aromatic N) is 3. The van der Waals surface area contributed by atoms with Gasteiger partial charge in [0.25, 0.3) is 0 Å². The van der Waals surface area contributed by atoms with Gasteiger partial charge in [0.05, 0.1) is 20.2 Å². The Labute approximate surface area is 184 Å². The summed E-state index contributed by atoms with van der Waals surface area (Å²) in [5, 5.41) is 0. The Hall–Kier alpha value is -2.77. The van der Waals surface area contributed by atoms with Gasteiger partial charge in [0, 0.05) is 39.8 Å². The molecule has 1 amide bonds. The number of benzene rings is 2. The van der Waals surface area contributed by atoms with Crippen molar-refractivity contribution in [2.45, 2.75) is 12.6 Å². The zero-order chi connectivity index (χ0) is 21.6. The van der Waals surface area contributed by atoms with Crippen molar-refractivity contribution >= 4 is 5.91 Å². The summed E-state index contributed by atoms with van der Waals surface area (Å²) in [5.74, 6) is 2.50. The summed E-state index contributed by atoms with van der Waals surface area (Å²) < 4.78 is 17.0. The van der Waals surface area contributed by atoms with Crippen molar-refractivity contribution in [3.63, 3.8) is 0 Å². The number of hydrogen-bond donors (Lipinski definition) is 0. The quantitative estimate of drug-likeness (QED) is 0.677. The van der Waals surface area contributed by atoms with Crippen LogP contribution in [0.5, 0.6) is 17.2 Å². The first-order chi connectivity index (χ1) is 15.1. The van der Waals surface area contributed by atoms with Gasteiger partial charge in [-0.2, -0.15) is 0 Å². The average Bonchev–Trinajstić information content (AvgIpc) is 2.80. The summed E-state index contributed by atoms with van der Waals surface area (Å²) in [6.07, 6.45) is -0.148. The topological polar surface area (TPSA) is 54.5 Å². The largest absolute Gasteiger partial charge is 0.497 e. The molecule has 1 fully saturated rings. The average molecular weight is 426 g/mol. The molecule has 0 radical (unpaired) electrons. The van der Waals surface area contributed by atoms with Gasteiger partial charge in [0.2, 0.25) is 5.91 Å². The Morgan fingerprint density at radius 3 is 2.42 bits per heavy atom. The lowest BCUT2D eigenvalue weighted by Gasteiger charge is -2.35. The molecule has 2 aliphatic rings. The number of methoxy groups -OCH3 is 1. The Balaban J connectivity index is 1.19. The summed E-state index contributed by atoms with van der Waals surface area (Å²) in [4.78, 5) is 19.1. The van der Waals surface area contributed by atoms with Crippen molar-refractivity contribution in [1.82, 2.24) is 14.7 Å². The van der Waals surface area contributed by atoms with E-state index < -0.39 is 0 Å². The first kappa shape index (κ1) is 21.5. The molecule has 7 nitrogen and oxygen atoms in total. The predicted octanol–water partition coefficient (Wildman–Crippen LogP) is 2.11. The number of carbonyl (C=O) groups excluding carboxylic acids is 1. The molecule has 2 aliphatic heterocycles. The third kappa shape index (κ3) is 5.68. The van der Waals surface area contributed by atoms with E-state index in [0.717, 1.165) is 50.0 Å². The van der Waals surface area contributed by atoms with Gasteiger partial charge in [-0.15, -0.1) is 0 Å². The molecule has 1 atom stereocenters. The third-order valence-corrected chi connectivity index (χ3v) is 5.86. The molecule has 0 aromatic heterocycles. The molecular weight excluding hydrogens is 394 g/mol. The smallest absolute Gasteiger partial charge is 0.236 e. The maximum atomic E-state index is 12.7. The first-order valence-corrected chi connectivity index (χ1v) is 10.8. The van der Waals surface area contributed by atoms with Crippen LogP contribution in [-0.2, 0) is 11.3 Å². The van der Waals surface area contributed by atoms with E-state index in [1.807, 2.05) is 43.4 Å². The van der Waals surface area contributed by atoms with Crippen LogP contribution in [0.1, 0.15) is 5.56 Å². The number of likely N-dealkylation sites (N-methyl/N-ethyl adjacent to an activating group) is 1. The Morgan fingerprint density at radius 2 is 1.71 bits per heavy atom. The molecule has 0 N–H and O–H groups in total. The molecule has 0 aliphatic carbocycles. The fourth-order valence-corrected chi connectivity index (χ4v) is 3.97. The van der Waals surface area contributed by atoms with Crippen molar-refractivity contribution in [3.05, 3.63) is 54.1 Å². The highest BCUT2D eigenvalue weighted by molar-refractivity contribution is 5.78. The summed E-state index contributed by atoms with van der Waals surface area (Å²) in [5.41, 5.74) is 1.28. The van der Waals surface area contributed by atoms with Crippen LogP contribution in [0.4, 0.5) is 0 Å². The van der Waals surface area contributed by atoms with E-state index in [1.54, 1.807) is 12.0 Å². The van der Waals surface area contributed by atoms with Crippen LogP contribution in [0.15, 0.2) is 48.5 Å². The van der Waals surface area contributed by atoms with Gasteiger partial charge in [-0.05, 0) is 29.8 Å². The number of carbonyl (C=O) groups is 1. The van der Waals surface area contributed by atoms with Gasteiger partial charge in [0.15, 0.2) is 17.6 Å². The van der Waals surface area contributed by atoms with E-state index >= 15 is 0 Å². The molecule has 0 saturated carbocycles. The molecule has 7 heteroatoms. The monoisotopic (exact) mass is 425 g/mol. The molecule has 2 heterocycles. The fraction of sp³-hybridized carbons (Fsp3) is 0.458. The molecule has 4 rings (SSSR count). The number of amides is 1. The molecular formula is C24H31N3O4. The van der Waals surface area contributed by atoms with E-state index in [1.165, 1.54) is 5.56 Å². The number of fused-ring (bicyclic) bond motifs is 1. The highest BCUT2D eigenvalue weighted by atomic mass is 16.6. The lowest BCUT2D eigenvalue weighted by Crippen LogP contribution is -2.50. The molecule has 1 saturated heterocycles. The number of ether oxygens (including phenoxy) is 3. The molecule has 0 bridgehead atoms. The van der Waals surface area contributed by atoms with Crippen LogP contribution < -0.4 is 14.2 Å². The fourth-order valence-electron chi connectivity index (χ4n) is 3.97. The molecule has 31 heavy (non-hydrogen) atoms. The van der Waals surface area contributed by atoms with Gasteiger partial charge in [-0.1, -0.05) is 24.3 Å². The number of rotatable bonds is 7. The maximum absolute atomic E-state index is 12.7. The van der Waals surface area contributed by atoms with Crippen molar-refractivity contribution in [1.29, 1.82) is 0 Å². The first-order valence-electron chi connectivity index (χ1n) is 10.8. The normalized spacial score (nSPS) is 19.1. The van der Waals surface area contributed by atoms with E-state index in [-0.39, 0.29) is 12.0 Å². The Kier molecular flexibility index (Phi) is 6.94.